The van der Waals surface area contributed by atoms with Gasteiger partial charge in [0.2, 0.25) is 5.95 Å². The molecule has 2 fully saturated rings. The number of nitrogens with one attached hydrogen (secondary N) is 1. The van der Waals surface area contributed by atoms with E-state index in [0.29, 0.717) is 44.0 Å². The van der Waals surface area contributed by atoms with E-state index in [9.17, 15) is 18.4 Å². The smallest absolute Gasteiger partial charge is 0.407 e. The van der Waals surface area contributed by atoms with Crippen LogP contribution in [0.15, 0.2) is 30.6 Å². The number of piperidine rings is 1. The van der Waals surface area contributed by atoms with Gasteiger partial charge in [-0.3, -0.25) is 4.79 Å². The minimum atomic E-state index is -0.730. The van der Waals surface area contributed by atoms with Gasteiger partial charge in [0.05, 0.1) is 11.6 Å². The summed E-state index contributed by atoms with van der Waals surface area (Å²) in [6.45, 7) is 9.31. The first kappa shape index (κ1) is 29.0. The van der Waals surface area contributed by atoms with E-state index in [1.165, 1.54) is 12.4 Å². The third-order valence-electron chi connectivity index (χ3n) is 7.20. The number of alkyl carbamates (subject to hydrolysis) is 1. The van der Waals surface area contributed by atoms with Crippen LogP contribution in [0.1, 0.15) is 62.4 Å². The second kappa shape index (κ2) is 12.0. The summed E-state index contributed by atoms with van der Waals surface area (Å²) in [4.78, 5) is 39.9. The van der Waals surface area contributed by atoms with E-state index in [4.69, 9.17) is 10.00 Å². The monoisotopic (exact) mass is 555 g/mol. The van der Waals surface area contributed by atoms with Crippen molar-refractivity contribution >= 4 is 17.9 Å². The Labute approximate surface area is 232 Å². The van der Waals surface area contributed by atoms with E-state index in [-0.39, 0.29) is 30.6 Å². The number of anilines is 1. The maximum Gasteiger partial charge on any atom is 0.407 e. The van der Waals surface area contributed by atoms with Gasteiger partial charge in [0, 0.05) is 57.1 Å². The maximum absolute atomic E-state index is 14.8. The third-order valence-corrected chi connectivity index (χ3v) is 7.20. The number of benzene rings is 1. The molecule has 0 radical (unpaired) electrons. The molecule has 10 nitrogen and oxygen atoms in total. The van der Waals surface area contributed by atoms with Crippen LogP contribution >= 0.6 is 0 Å². The lowest BCUT2D eigenvalue weighted by molar-refractivity contribution is 0.0503. The van der Waals surface area contributed by atoms with Crippen LogP contribution in [-0.2, 0) is 4.74 Å². The lowest BCUT2D eigenvalue weighted by Gasteiger charge is -2.36. The summed E-state index contributed by atoms with van der Waals surface area (Å²) >= 11 is 0. The molecule has 214 valence electrons. The highest BCUT2D eigenvalue weighted by atomic mass is 19.1. The molecule has 12 heteroatoms. The van der Waals surface area contributed by atoms with E-state index in [1.54, 1.807) is 35.5 Å². The molecule has 2 aliphatic rings. The molecule has 4 rings (SSSR count). The number of hydrogen-bond donors (Lipinski definition) is 1. The molecule has 2 unspecified atom stereocenters. The van der Waals surface area contributed by atoms with Crippen molar-refractivity contribution in [2.45, 2.75) is 64.1 Å². The Morgan fingerprint density at radius 1 is 1.18 bits per heavy atom. The fourth-order valence-corrected chi connectivity index (χ4v) is 5.29. The highest BCUT2D eigenvalue weighted by Crippen LogP contribution is 2.32. The molecule has 2 amide bonds. The van der Waals surface area contributed by atoms with Crippen molar-refractivity contribution in [3.63, 3.8) is 0 Å². The normalized spacial score (nSPS) is 19.7. The molecule has 1 N–H and O–H groups in total. The van der Waals surface area contributed by atoms with E-state index in [0.717, 1.165) is 18.2 Å². The van der Waals surface area contributed by atoms with Gasteiger partial charge in [-0.05, 0) is 64.3 Å². The van der Waals surface area contributed by atoms with Gasteiger partial charge < -0.3 is 24.8 Å². The van der Waals surface area contributed by atoms with Crippen molar-refractivity contribution in [2.24, 2.45) is 0 Å². The lowest BCUT2D eigenvalue weighted by atomic mass is 9.94. The zero-order chi connectivity index (χ0) is 29.0. The van der Waals surface area contributed by atoms with Crippen LogP contribution in [0, 0.1) is 23.1 Å². The van der Waals surface area contributed by atoms with Crippen LogP contribution in [0.4, 0.5) is 19.5 Å². The van der Waals surface area contributed by atoms with Crippen LogP contribution in [-0.4, -0.2) is 82.2 Å². The molecule has 2 aromatic rings. The van der Waals surface area contributed by atoms with Crippen LogP contribution in [0.2, 0.25) is 0 Å². The summed E-state index contributed by atoms with van der Waals surface area (Å²) in [6, 6.07) is 2.68. The van der Waals surface area contributed by atoms with Gasteiger partial charge in [0.1, 0.15) is 17.2 Å². The number of amides is 2. The zero-order valence-electron chi connectivity index (χ0n) is 23.2. The lowest BCUT2D eigenvalue weighted by Crippen LogP contribution is -2.46. The fourth-order valence-electron chi connectivity index (χ4n) is 5.29. The second-order valence-corrected chi connectivity index (χ2v) is 11.1. The second-order valence-electron chi connectivity index (χ2n) is 11.1. The summed E-state index contributed by atoms with van der Waals surface area (Å²) in [5.74, 6) is -1.63. The summed E-state index contributed by atoms with van der Waals surface area (Å²) in [5.41, 5.74) is -0.257. The number of carbonyl (C=O) groups excluding carboxylic acids is 2. The van der Waals surface area contributed by atoms with Crippen molar-refractivity contribution in [2.75, 3.05) is 37.6 Å². The Morgan fingerprint density at radius 2 is 1.85 bits per heavy atom. The molecule has 2 atom stereocenters. The standard InChI is InChI=1S/C28H35F2N7O3/c1-5-37(20-8-10-35(17-31)11-9-20)25(38)18-13-32-26(33-14-18)36-15-22(21-12-19(29)6-7-23(21)30)24(16-36)34-27(39)40-28(2,3)4/h6-7,12-14,20,22,24H,5,8-11,15-16H2,1-4H3,(H,34,39). The van der Waals surface area contributed by atoms with Gasteiger partial charge in [-0.25, -0.2) is 23.5 Å². The van der Waals surface area contributed by atoms with E-state index in [2.05, 4.69) is 21.5 Å². The number of nitrogens with zero attached hydrogens (tertiary/aromatic N) is 6. The molecule has 3 heterocycles. The highest BCUT2D eigenvalue weighted by molar-refractivity contribution is 5.94. The SMILES string of the molecule is CCN(C(=O)c1cnc(N2CC(NC(=O)OC(C)(C)C)C(c3cc(F)ccc3F)C2)nc1)C1CCN(C#N)CC1. The van der Waals surface area contributed by atoms with Gasteiger partial charge in [-0.15, -0.1) is 0 Å². The maximum atomic E-state index is 14.8. The number of hydrogen-bond acceptors (Lipinski definition) is 8. The molecule has 1 aromatic carbocycles. The molecule has 1 aromatic heterocycles. The summed E-state index contributed by atoms with van der Waals surface area (Å²) < 4.78 is 34.2. The van der Waals surface area contributed by atoms with Crippen molar-refractivity contribution < 1.29 is 23.1 Å². The molecule has 0 saturated carbocycles. The number of nitriles is 1. The quantitative estimate of drug-likeness (QED) is 0.537. The summed E-state index contributed by atoms with van der Waals surface area (Å²) in [6.07, 6.45) is 5.84. The topological polar surface area (TPSA) is 115 Å². The molecule has 2 aliphatic heterocycles. The van der Waals surface area contributed by atoms with Crippen LogP contribution < -0.4 is 10.2 Å². The highest BCUT2D eigenvalue weighted by Gasteiger charge is 2.38. The van der Waals surface area contributed by atoms with Gasteiger partial charge in [-0.2, -0.15) is 5.26 Å². The molecular weight excluding hydrogens is 520 g/mol. The zero-order valence-corrected chi connectivity index (χ0v) is 23.2. The van der Waals surface area contributed by atoms with E-state index < -0.39 is 35.3 Å². The first-order chi connectivity index (χ1) is 19.0. The number of ether oxygens (including phenoxy) is 1. The van der Waals surface area contributed by atoms with Crippen molar-refractivity contribution in [3.8, 4) is 6.19 Å². The Hall–Kier alpha value is -4.01. The first-order valence-corrected chi connectivity index (χ1v) is 13.5. The molecule has 2 saturated heterocycles. The van der Waals surface area contributed by atoms with Crippen LogP contribution in [0.25, 0.3) is 0 Å². The Bertz CT molecular complexity index is 1250. The average molecular weight is 556 g/mol. The number of likely N-dealkylation sites (tertiary alicyclic amines) is 1. The molecule has 0 bridgehead atoms. The predicted molar refractivity (Wildman–Crippen MR) is 143 cm³/mol. The van der Waals surface area contributed by atoms with Crippen LogP contribution in [0.5, 0.6) is 0 Å². The molecule has 0 aliphatic carbocycles. The van der Waals surface area contributed by atoms with E-state index in [1.807, 2.05) is 6.92 Å². The minimum absolute atomic E-state index is 0.0296. The predicted octanol–water partition coefficient (Wildman–Crippen LogP) is 3.66. The third kappa shape index (κ3) is 6.76. The number of rotatable bonds is 6. The van der Waals surface area contributed by atoms with Gasteiger partial charge >= 0.3 is 6.09 Å². The Kier molecular flexibility index (Phi) is 8.71. The van der Waals surface area contributed by atoms with Crippen molar-refractivity contribution in [1.82, 2.24) is 25.1 Å². The number of halogens is 2. The first-order valence-electron chi connectivity index (χ1n) is 13.5. The summed E-state index contributed by atoms with van der Waals surface area (Å²) in [5, 5.41) is 11.9. The summed E-state index contributed by atoms with van der Waals surface area (Å²) in [7, 11) is 0. The number of aromatic nitrogens is 2. The van der Waals surface area contributed by atoms with E-state index >= 15 is 0 Å². The largest absolute Gasteiger partial charge is 0.444 e. The number of carbonyl (C=O) groups is 2. The minimum Gasteiger partial charge on any atom is -0.444 e. The van der Waals surface area contributed by atoms with Crippen molar-refractivity contribution in [3.05, 3.63) is 53.4 Å². The Morgan fingerprint density at radius 3 is 2.45 bits per heavy atom. The molecular formula is C28H35F2N7O3. The van der Waals surface area contributed by atoms with Gasteiger partial charge in [0.25, 0.3) is 5.91 Å². The van der Waals surface area contributed by atoms with Crippen LogP contribution in [0.3, 0.4) is 0 Å². The molecule has 40 heavy (non-hydrogen) atoms. The Balaban J connectivity index is 1.51. The average Bonchev–Trinajstić information content (AvgIpc) is 3.33. The van der Waals surface area contributed by atoms with Gasteiger partial charge in [0.15, 0.2) is 6.19 Å². The van der Waals surface area contributed by atoms with Crippen molar-refractivity contribution in [1.29, 1.82) is 5.26 Å². The fraction of sp³-hybridized carbons (Fsp3) is 0.536. The molecule has 0 spiro atoms. The van der Waals surface area contributed by atoms with Gasteiger partial charge in [-0.1, -0.05) is 0 Å².